The molecular formula is C16H15N5O2S. The Morgan fingerprint density at radius 1 is 1.00 bits per heavy atom. The lowest BCUT2D eigenvalue weighted by atomic mass is 10.1. The summed E-state index contributed by atoms with van der Waals surface area (Å²) in [5.74, 6) is 0.335. The fraction of sp³-hybridized carbons (Fsp3) is 0. The van der Waals surface area contributed by atoms with E-state index in [4.69, 9.17) is 10.9 Å². The van der Waals surface area contributed by atoms with Crippen LogP contribution in [-0.2, 0) is 10.0 Å². The monoisotopic (exact) mass is 341 g/mol. The summed E-state index contributed by atoms with van der Waals surface area (Å²) in [7, 11) is -3.77. The molecular weight excluding hydrogens is 326 g/mol. The fourth-order valence-electron chi connectivity index (χ4n) is 2.16. The third-order valence-electron chi connectivity index (χ3n) is 3.26. The fourth-order valence-corrected chi connectivity index (χ4v) is 2.72. The van der Waals surface area contributed by atoms with Crippen molar-refractivity contribution in [2.75, 3.05) is 11.1 Å². The molecule has 0 aliphatic heterocycles. The second-order valence-corrected chi connectivity index (χ2v) is 6.65. The molecule has 0 bridgehead atoms. The highest BCUT2D eigenvalue weighted by atomic mass is 32.2. The molecule has 7 nitrogen and oxygen atoms in total. The Labute approximate surface area is 139 Å². The zero-order valence-corrected chi connectivity index (χ0v) is 13.4. The van der Waals surface area contributed by atoms with Crippen molar-refractivity contribution in [2.24, 2.45) is 5.14 Å². The molecule has 0 spiro atoms. The molecule has 0 aliphatic carbocycles. The maximum atomic E-state index is 11.4. The number of aromatic nitrogens is 2. The number of primary sulfonamides is 1. The first-order chi connectivity index (χ1) is 11.4. The third kappa shape index (κ3) is 3.67. The lowest BCUT2D eigenvalue weighted by Crippen LogP contribution is -2.12. The molecule has 24 heavy (non-hydrogen) atoms. The van der Waals surface area contributed by atoms with Crippen LogP contribution in [0.15, 0.2) is 65.7 Å². The summed E-state index contributed by atoms with van der Waals surface area (Å²) in [5, 5.41) is 8.10. The van der Waals surface area contributed by atoms with Gasteiger partial charge in [0.25, 0.3) is 0 Å². The standard InChI is InChI=1S/C16H15N5O2S/c17-12-4-1-3-11(9-12)15-7-8-19-16(21-15)20-13-5-2-6-14(10-13)24(18,22)23/h1-10H,17H2,(H2,18,22,23)(H,19,20,21). The van der Waals surface area contributed by atoms with Crippen LogP contribution in [0.5, 0.6) is 0 Å². The Morgan fingerprint density at radius 3 is 2.54 bits per heavy atom. The van der Waals surface area contributed by atoms with Crippen molar-refractivity contribution in [2.45, 2.75) is 4.90 Å². The number of hydrogen-bond acceptors (Lipinski definition) is 6. The van der Waals surface area contributed by atoms with Crippen molar-refractivity contribution in [1.29, 1.82) is 0 Å². The molecule has 0 fully saturated rings. The van der Waals surface area contributed by atoms with Crippen LogP contribution in [0.3, 0.4) is 0 Å². The van der Waals surface area contributed by atoms with Crippen LogP contribution in [-0.4, -0.2) is 18.4 Å². The number of nitrogen functional groups attached to an aromatic ring is 1. The zero-order valence-electron chi connectivity index (χ0n) is 12.5. The van der Waals surface area contributed by atoms with E-state index in [9.17, 15) is 8.42 Å². The summed E-state index contributed by atoms with van der Waals surface area (Å²) in [6.07, 6.45) is 1.61. The quantitative estimate of drug-likeness (QED) is 0.624. The Morgan fingerprint density at radius 2 is 1.79 bits per heavy atom. The predicted octanol–water partition coefficient (Wildman–Crippen LogP) is 2.12. The topological polar surface area (TPSA) is 124 Å². The van der Waals surface area contributed by atoms with Crippen molar-refractivity contribution in [3.63, 3.8) is 0 Å². The molecule has 3 rings (SSSR count). The molecule has 122 valence electrons. The van der Waals surface area contributed by atoms with E-state index in [0.717, 1.165) is 5.56 Å². The molecule has 0 saturated heterocycles. The van der Waals surface area contributed by atoms with Crippen molar-refractivity contribution < 1.29 is 8.42 Å². The second kappa shape index (κ2) is 6.26. The molecule has 8 heteroatoms. The van der Waals surface area contributed by atoms with E-state index in [2.05, 4.69) is 15.3 Å². The average molecular weight is 341 g/mol. The highest BCUT2D eigenvalue weighted by Crippen LogP contribution is 2.22. The highest BCUT2D eigenvalue weighted by molar-refractivity contribution is 7.89. The van der Waals surface area contributed by atoms with Gasteiger partial charge >= 0.3 is 0 Å². The minimum absolute atomic E-state index is 0.0134. The molecule has 0 amide bonds. The minimum atomic E-state index is -3.77. The predicted molar refractivity (Wildman–Crippen MR) is 93.0 cm³/mol. The number of rotatable bonds is 4. The van der Waals surface area contributed by atoms with E-state index >= 15 is 0 Å². The summed E-state index contributed by atoms with van der Waals surface area (Å²) in [5.41, 5.74) is 8.50. The van der Waals surface area contributed by atoms with Crippen LogP contribution in [0.2, 0.25) is 0 Å². The molecule has 0 atom stereocenters. The first kappa shape index (κ1) is 15.9. The molecule has 0 radical (unpaired) electrons. The Kier molecular flexibility index (Phi) is 4.15. The number of hydrogen-bond donors (Lipinski definition) is 3. The van der Waals surface area contributed by atoms with Crippen LogP contribution in [0.4, 0.5) is 17.3 Å². The normalized spacial score (nSPS) is 11.2. The van der Waals surface area contributed by atoms with E-state index in [1.165, 1.54) is 12.1 Å². The largest absolute Gasteiger partial charge is 0.399 e. The summed E-state index contributed by atoms with van der Waals surface area (Å²) in [6, 6.07) is 15.2. The van der Waals surface area contributed by atoms with Gasteiger partial charge in [-0.15, -0.1) is 0 Å². The van der Waals surface area contributed by atoms with Gasteiger partial charge in [0.2, 0.25) is 16.0 Å². The Hall–Kier alpha value is -2.97. The van der Waals surface area contributed by atoms with E-state index in [1.54, 1.807) is 30.5 Å². The van der Waals surface area contributed by atoms with Crippen LogP contribution in [0.25, 0.3) is 11.3 Å². The molecule has 0 aliphatic rings. The van der Waals surface area contributed by atoms with Gasteiger partial charge in [0.15, 0.2) is 0 Å². The van der Waals surface area contributed by atoms with Gasteiger partial charge in [-0.3, -0.25) is 0 Å². The smallest absolute Gasteiger partial charge is 0.238 e. The summed E-state index contributed by atoms with van der Waals surface area (Å²) >= 11 is 0. The van der Waals surface area contributed by atoms with Crippen LogP contribution >= 0.6 is 0 Å². The van der Waals surface area contributed by atoms with E-state index < -0.39 is 10.0 Å². The first-order valence-corrected chi connectivity index (χ1v) is 8.55. The van der Waals surface area contributed by atoms with Crippen molar-refractivity contribution in [1.82, 2.24) is 9.97 Å². The van der Waals surface area contributed by atoms with Gasteiger partial charge in [-0.05, 0) is 36.4 Å². The lowest BCUT2D eigenvalue weighted by molar-refractivity contribution is 0.598. The Bertz CT molecular complexity index is 989. The minimum Gasteiger partial charge on any atom is -0.399 e. The summed E-state index contributed by atoms with van der Waals surface area (Å²) in [4.78, 5) is 8.57. The summed E-state index contributed by atoms with van der Waals surface area (Å²) in [6.45, 7) is 0. The number of nitrogens with two attached hydrogens (primary N) is 2. The molecule has 5 N–H and O–H groups in total. The van der Waals surface area contributed by atoms with Gasteiger partial charge in [-0.25, -0.2) is 23.5 Å². The van der Waals surface area contributed by atoms with Crippen LogP contribution in [0.1, 0.15) is 0 Å². The second-order valence-electron chi connectivity index (χ2n) is 5.09. The molecule has 0 saturated carbocycles. The maximum absolute atomic E-state index is 11.4. The van der Waals surface area contributed by atoms with Gasteiger partial charge in [0, 0.05) is 23.1 Å². The van der Waals surface area contributed by atoms with E-state index in [0.29, 0.717) is 23.0 Å². The molecule has 3 aromatic rings. The lowest BCUT2D eigenvalue weighted by Gasteiger charge is -2.08. The van der Waals surface area contributed by atoms with Crippen molar-refractivity contribution in [3.05, 3.63) is 60.8 Å². The SMILES string of the molecule is Nc1cccc(-c2ccnc(Nc3cccc(S(N)(=O)=O)c3)n2)c1. The van der Waals surface area contributed by atoms with Gasteiger partial charge in [0.05, 0.1) is 10.6 Å². The Balaban J connectivity index is 1.91. The first-order valence-electron chi connectivity index (χ1n) is 7.01. The van der Waals surface area contributed by atoms with Crippen LogP contribution < -0.4 is 16.2 Å². The van der Waals surface area contributed by atoms with E-state index in [1.807, 2.05) is 18.2 Å². The van der Waals surface area contributed by atoms with Gasteiger partial charge in [0.1, 0.15) is 0 Å². The van der Waals surface area contributed by atoms with Crippen molar-refractivity contribution >= 4 is 27.3 Å². The molecule has 1 aromatic heterocycles. The zero-order chi connectivity index (χ0) is 17.2. The van der Waals surface area contributed by atoms with Gasteiger partial charge in [-0.1, -0.05) is 18.2 Å². The molecule has 0 unspecified atom stereocenters. The van der Waals surface area contributed by atoms with Crippen molar-refractivity contribution in [3.8, 4) is 11.3 Å². The number of anilines is 3. The number of nitrogens with zero attached hydrogens (tertiary/aromatic N) is 2. The highest BCUT2D eigenvalue weighted by Gasteiger charge is 2.09. The number of benzene rings is 2. The van der Waals surface area contributed by atoms with E-state index in [-0.39, 0.29) is 4.90 Å². The third-order valence-corrected chi connectivity index (χ3v) is 4.17. The molecule has 2 aromatic carbocycles. The molecule has 1 heterocycles. The van der Waals surface area contributed by atoms with Gasteiger partial charge < -0.3 is 11.1 Å². The number of nitrogens with one attached hydrogen (secondary N) is 1. The summed E-state index contributed by atoms with van der Waals surface area (Å²) < 4.78 is 22.8. The maximum Gasteiger partial charge on any atom is 0.238 e. The average Bonchev–Trinajstić information content (AvgIpc) is 2.55. The number of sulfonamides is 1. The van der Waals surface area contributed by atoms with Gasteiger partial charge in [-0.2, -0.15) is 0 Å². The van der Waals surface area contributed by atoms with Crippen LogP contribution in [0, 0.1) is 0 Å².